The number of carbonyl (C=O) groups is 1. The van der Waals surface area contributed by atoms with Gasteiger partial charge >= 0.3 is 6.03 Å². The molecule has 13 heavy (non-hydrogen) atoms. The van der Waals surface area contributed by atoms with E-state index < -0.39 is 0 Å². The minimum Gasteiger partial charge on any atom is -0.321 e. The molecule has 0 saturated carbocycles. The van der Waals surface area contributed by atoms with Gasteiger partial charge in [0, 0.05) is 18.8 Å². The number of aryl methyl sites for hydroxylation is 1. The number of carbonyl (C=O) groups excluding carboxylic acids is 1. The van der Waals surface area contributed by atoms with Crippen LogP contribution >= 0.6 is 0 Å². The highest BCUT2D eigenvalue weighted by Gasteiger charge is 2.23. The summed E-state index contributed by atoms with van der Waals surface area (Å²) in [5.74, 6) is 0. The Kier molecular flexibility index (Phi) is 1.93. The molecular formula is C10H12N2O. The quantitative estimate of drug-likeness (QED) is 0.650. The average molecular weight is 176 g/mol. The Morgan fingerprint density at radius 3 is 2.46 bits per heavy atom. The van der Waals surface area contributed by atoms with Crippen molar-refractivity contribution >= 4 is 11.7 Å². The Morgan fingerprint density at radius 1 is 1.31 bits per heavy atom. The van der Waals surface area contributed by atoms with Gasteiger partial charge in [0.15, 0.2) is 0 Å². The molecule has 0 atom stereocenters. The lowest BCUT2D eigenvalue weighted by molar-refractivity contribution is 0.242. The Balaban J connectivity index is 2.00. The summed E-state index contributed by atoms with van der Waals surface area (Å²) in [6.45, 7) is 3.80. The first kappa shape index (κ1) is 8.10. The van der Waals surface area contributed by atoms with Gasteiger partial charge in [0.05, 0.1) is 0 Å². The summed E-state index contributed by atoms with van der Waals surface area (Å²) >= 11 is 0. The van der Waals surface area contributed by atoms with Gasteiger partial charge in [-0.1, -0.05) is 17.7 Å². The van der Waals surface area contributed by atoms with Crippen molar-refractivity contribution < 1.29 is 4.79 Å². The number of rotatable bonds is 1. The monoisotopic (exact) mass is 176 g/mol. The molecule has 3 heteroatoms. The predicted molar refractivity (Wildman–Crippen MR) is 51.8 cm³/mol. The summed E-state index contributed by atoms with van der Waals surface area (Å²) in [6.07, 6.45) is 0. The molecule has 1 aliphatic rings. The Hall–Kier alpha value is -1.51. The second-order valence-electron chi connectivity index (χ2n) is 3.28. The van der Waals surface area contributed by atoms with E-state index in [4.69, 9.17) is 0 Å². The summed E-state index contributed by atoms with van der Waals surface area (Å²) in [6, 6.07) is 7.80. The van der Waals surface area contributed by atoms with Gasteiger partial charge in [0.25, 0.3) is 0 Å². The summed E-state index contributed by atoms with van der Waals surface area (Å²) in [5.41, 5.74) is 2.06. The largest absolute Gasteiger partial charge is 0.321 e. The molecule has 2 amide bonds. The van der Waals surface area contributed by atoms with Crippen LogP contribution in [0.15, 0.2) is 24.3 Å². The lowest BCUT2D eigenvalue weighted by Gasteiger charge is -2.05. The van der Waals surface area contributed by atoms with E-state index in [0.717, 1.165) is 18.8 Å². The molecule has 1 aliphatic heterocycles. The molecule has 2 rings (SSSR count). The van der Waals surface area contributed by atoms with Gasteiger partial charge in [-0.2, -0.15) is 0 Å². The van der Waals surface area contributed by atoms with Gasteiger partial charge in [-0.25, -0.2) is 4.79 Å². The van der Waals surface area contributed by atoms with Gasteiger partial charge in [-0.05, 0) is 19.1 Å². The van der Waals surface area contributed by atoms with E-state index in [0.29, 0.717) is 0 Å². The number of anilines is 1. The van der Waals surface area contributed by atoms with Crippen LogP contribution < -0.4 is 5.32 Å². The number of nitrogens with one attached hydrogen (secondary N) is 1. The van der Waals surface area contributed by atoms with Gasteiger partial charge < -0.3 is 10.2 Å². The molecule has 0 spiro atoms. The van der Waals surface area contributed by atoms with Gasteiger partial charge in [-0.15, -0.1) is 0 Å². The second kappa shape index (κ2) is 3.09. The highest BCUT2D eigenvalue weighted by Crippen LogP contribution is 2.12. The Morgan fingerprint density at radius 2 is 1.92 bits per heavy atom. The summed E-state index contributed by atoms with van der Waals surface area (Å²) in [4.78, 5) is 13.0. The zero-order valence-electron chi connectivity index (χ0n) is 7.58. The smallest absolute Gasteiger partial charge is 0.321 e. The molecule has 1 aromatic carbocycles. The maximum Gasteiger partial charge on any atom is 0.321 e. The average Bonchev–Trinajstić information content (AvgIpc) is 2.91. The number of benzene rings is 1. The molecule has 1 heterocycles. The number of amides is 2. The van der Waals surface area contributed by atoms with Crippen LogP contribution in [0.5, 0.6) is 0 Å². The van der Waals surface area contributed by atoms with Crippen molar-refractivity contribution in [3.8, 4) is 0 Å². The SMILES string of the molecule is Cc1ccc(NC(=O)N2CC2)cc1. The van der Waals surface area contributed by atoms with Gasteiger partial charge in [-0.3, -0.25) is 0 Å². The van der Waals surface area contributed by atoms with Crippen LogP contribution in [-0.2, 0) is 0 Å². The van der Waals surface area contributed by atoms with Crippen molar-refractivity contribution in [2.45, 2.75) is 6.92 Å². The van der Waals surface area contributed by atoms with Crippen molar-refractivity contribution in [2.75, 3.05) is 18.4 Å². The minimum atomic E-state index is 0.00357. The third kappa shape index (κ3) is 1.99. The fourth-order valence-electron chi connectivity index (χ4n) is 1.09. The highest BCUT2D eigenvalue weighted by molar-refractivity contribution is 5.90. The van der Waals surface area contributed by atoms with Crippen LogP contribution in [0, 0.1) is 6.92 Å². The minimum absolute atomic E-state index is 0.00357. The van der Waals surface area contributed by atoms with E-state index in [2.05, 4.69) is 5.32 Å². The van der Waals surface area contributed by atoms with Crippen molar-refractivity contribution in [1.82, 2.24) is 4.90 Å². The Bertz CT molecular complexity index is 314. The van der Waals surface area contributed by atoms with E-state index in [-0.39, 0.29) is 6.03 Å². The summed E-state index contributed by atoms with van der Waals surface area (Å²) < 4.78 is 0. The molecule has 0 radical (unpaired) electrons. The molecule has 0 bridgehead atoms. The van der Waals surface area contributed by atoms with E-state index in [9.17, 15) is 4.79 Å². The lowest BCUT2D eigenvalue weighted by Crippen LogP contribution is -2.18. The fourth-order valence-corrected chi connectivity index (χ4v) is 1.09. The van der Waals surface area contributed by atoms with Crippen LogP contribution in [0.1, 0.15) is 5.56 Å². The molecule has 0 aliphatic carbocycles. The molecule has 0 aromatic heterocycles. The third-order valence-electron chi connectivity index (χ3n) is 2.04. The van der Waals surface area contributed by atoms with E-state index in [1.807, 2.05) is 31.2 Å². The fraction of sp³-hybridized carbons (Fsp3) is 0.300. The molecule has 1 aromatic rings. The van der Waals surface area contributed by atoms with Crippen molar-refractivity contribution in [3.63, 3.8) is 0 Å². The predicted octanol–water partition coefficient (Wildman–Crippen LogP) is 1.84. The van der Waals surface area contributed by atoms with Crippen LogP contribution in [0.25, 0.3) is 0 Å². The van der Waals surface area contributed by atoms with Gasteiger partial charge in [0.2, 0.25) is 0 Å². The van der Waals surface area contributed by atoms with E-state index in [1.54, 1.807) is 4.90 Å². The maximum atomic E-state index is 11.3. The van der Waals surface area contributed by atoms with Crippen LogP contribution in [0.2, 0.25) is 0 Å². The van der Waals surface area contributed by atoms with Gasteiger partial charge in [0.1, 0.15) is 0 Å². The summed E-state index contributed by atoms with van der Waals surface area (Å²) in [7, 11) is 0. The first-order chi connectivity index (χ1) is 6.25. The molecule has 0 unspecified atom stereocenters. The number of hydrogen-bond acceptors (Lipinski definition) is 1. The molecular weight excluding hydrogens is 164 g/mol. The van der Waals surface area contributed by atoms with Crippen molar-refractivity contribution in [3.05, 3.63) is 29.8 Å². The van der Waals surface area contributed by atoms with Crippen molar-refractivity contribution in [2.24, 2.45) is 0 Å². The standard InChI is InChI=1S/C10H12N2O/c1-8-2-4-9(5-3-8)11-10(13)12-6-7-12/h2-5H,6-7H2,1H3,(H,11,13). The topological polar surface area (TPSA) is 32.1 Å². The maximum absolute atomic E-state index is 11.3. The molecule has 1 N–H and O–H groups in total. The third-order valence-corrected chi connectivity index (χ3v) is 2.04. The lowest BCUT2D eigenvalue weighted by atomic mass is 10.2. The van der Waals surface area contributed by atoms with E-state index >= 15 is 0 Å². The molecule has 3 nitrogen and oxygen atoms in total. The molecule has 1 fully saturated rings. The normalized spacial score (nSPS) is 14.1. The number of urea groups is 1. The van der Waals surface area contributed by atoms with Crippen LogP contribution in [0.3, 0.4) is 0 Å². The highest BCUT2D eigenvalue weighted by atomic mass is 16.2. The molecule has 68 valence electrons. The van der Waals surface area contributed by atoms with Crippen molar-refractivity contribution in [1.29, 1.82) is 0 Å². The molecule has 1 saturated heterocycles. The first-order valence-corrected chi connectivity index (χ1v) is 4.38. The first-order valence-electron chi connectivity index (χ1n) is 4.38. The van der Waals surface area contributed by atoms with E-state index in [1.165, 1.54) is 5.56 Å². The second-order valence-corrected chi connectivity index (χ2v) is 3.28. The zero-order chi connectivity index (χ0) is 9.26. The number of hydrogen-bond donors (Lipinski definition) is 1. The van der Waals surface area contributed by atoms with Crippen LogP contribution in [-0.4, -0.2) is 24.0 Å². The Labute approximate surface area is 77.4 Å². The van der Waals surface area contributed by atoms with Crippen LogP contribution in [0.4, 0.5) is 10.5 Å². The summed E-state index contributed by atoms with van der Waals surface area (Å²) in [5, 5.41) is 2.82. The number of nitrogens with zero attached hydrogens (tertiary/aromatic N) is 1. The zero-order valence-corrected chi connectivity index (χ0v) is 7.58.